The molecule has 0 saturated carbocycles. The zero-order valence-corrected chi connectivity index (χ0v) is 20.2. The van der Waals surface area contributed by atoms with E-state index < -0.39 is 74.6 Å². The standard InChI is InChI=1S/C6HCl5O10S6.Na.H/c7-23(12,13)2-1(22)3(24(8,14)15)5(26(10,18)19)6(27(11,20)21)4(2)25(9,16)17;;/h22H;;. The molecule has 0 bridgehead atoms. The normalized spacial score (nSPS) is 13.8. The molecule has 0 aliphatic rings. The summed E-state index contributed by atoms with van der Waals surface area (Å²) in [6, 6.07) is 0. The van der Waals surface area contributed by atoms with Gasteiger partial charge in [0, 0.05) is 58.3 Å². The van der Waals surface area contributed by atoms with Gasteiger partial charge in [-0.25, -0.2) is 42.1 Å². The van der Waals surface area contributed by atoms with Crippen molar-refractivity contribution in [3.8, 4) is 0 Å². The quantitative estimate of drug-likeness (QED) is 0.282. The van der Waals surface area contributed by atoms with Crippen LogP contribution in [0.25, 0.3) is 0 Å². The van der Waals surface area contributed by atoms with E-state index in [2.05, 4.69) is 12.6 Å². The summed E-state index contributed by atoms with van der Waals surface area (Å²) in [5, 5.41) is 0. The van der Waals surface area contributed by atoms with Gasteiger partial charge in [0.15, 0.2) is 0 Å². The first kappa shape index (κ1) is 29.8. The fraction of sp³-hybridized carbons (Fsp3) is 0. The second-order valence-electron chi connectivity index (χ2n) is 4.18. The summed E-state index contributed by atoms with van der Waals surface area (Å²) in [5.74, 6) is 0. The molecule has 1 rings (SSSR count). The number of hydrogen-bond donors (Lipinski definition) is 1. The third kappa shape index (κ3) is 6.40. The number of rotatable bonds is 5. The van der Waals surface area contributed by atoms with Crippen molar-refractivity contribution in [1.29, 1.82) is 0 Å². The summed E-state index contributed by atoms with van der Waals surface area (Å²) in [4.78, 5) is -11.1. The van der Waals surface area contributed by atoms with Gasteiger partial charge in [-0.15, -0.1) is 12.6 Å². The Labute approximate surface area is 209 Å². The Morgan fingerprint density at radius 3 is 0.714 bits per heavy atom. The molecule has 0 aliphatic heterocycles. The summed E-state index contributed by atoms with van der Waals surface area (Å²) in [6.45, 7) is 0. The van der Waals surface area contributed by atoms with Crippen LogP contribution in [0.5, 0.6) is 0 Å². The predicted octanol–water partition coefficient (Wildman–Crippen LogP) is 0.964. The van der Waals surface area contributed by atoms with Gasteiger partial charge in [0.25, 0.3) is 45.3 Å². The molecule has 0 atom stereocenters. The molecule has 0 N–H and O–H groups in total. The van der Waals surface area contributed by atoms with E-state index in [1.807, 2.05) is 0 Å². The van der Waals surface area contributed by atoms with E-state index in [-0.39, 0.29) is 29.6 Å². The Hall–Kier alpha value is 1.77. The van der Waals surface area contributed by atoms with Gasteiger partial charge >= 0.3 is 29.6 Å². The molecule has 1 aromatic rings. The fourth-order valence-electron chi connectivity index (χ4n) is 1.74. The summed E-state index contributed by atoms with van der Waals surface area (Å²) in [7, 11) is -2.04. The zero-order chi connectivity index (χ0) is 22.0. The average molecular weight is 627 g/mol. The minimum atomic E-state index is -5.55. The second kappa shape index (κ2) is 8.96. The summed E-state index contributed by atoms with van der Waals surface area (Å²) in [5.41, 5.74) is 0. The van der Waals surface area contributed by atoms with Gasteiger partial charge in [-0.2, -0.15) is 0 Å². The van der Waals surface area contributed by atoms with Gasteiger partial charge in [-0.05, 0) is 0 Å². The minimum absolute atomic E-state index is 0. The Kier molecular flexibility index (Phi) is 9.52. The Morgan fingerprint density at radius 2 is 0.571 bits per heavy atom. The van der Waals surface area contributed by atoms with Crippen molar-refractivity contribution in [3.63, 3.8) is 0 Å². The Balaban J connectivity index is 0.00000729. The van der Waals surface area contributed by atoms with Gasteiger partial charge in [0.1, 0.15) is 24.5 Å². The van der Waals surface area contributed by atoms with Crippen LogP contribution in [0.4, 0.5) is 0 Å². The molecule has 22 heteroatoms. The van der Waals surface area contributed by atoms with Crippen molar-refractivity contribution in [2.45, 2.75) is 29.4 Å². The van der Waals surface area contributed by atoms with Crippen molar-refractivity contribution in [1.82, 2.24) is 0 Å². The Morgan fingerprint density at radius 1 is 0.429 bits per heavy atom. The predicted molar refractivity (Wildman–Crippen MR) is 106 cm³/mol. The first-order chi connectivity index (χ1) is 11.5. The molecular formula is C6H2Cl5NaO10S6. The van der Waals surface area contributed by atoms with E-state index in [1.54, 1.807) is 0 Å². The van der Waals surface area contributed by atoms with Gasteiger partial charge < -0.3 is 0 Å². The number of halogens is 5. The SMILES string of the molecule is O=S(=O)(Cl)c1c(S)c(S(=O)(=O)Cl)c(S(=O)(=O)Cl)c(S(=O)(=O)Cl)c1S(=O)(=O)Cl.[NaH]. The van der Waals surface area contributed by atoms with Crippen LogP contribution in [-0.2, 0) is 45.3 Å². The molecule has 0 amide bonds. The molecule has 0 radical (unpaired) electrons. The fourth-order valence-corrected chi connectivity index (χ4v) is 12.7. The number of thiol groups is 1. The van der Waals surface area contributed by atoms with Crippen LogP contribution in [0.3, 0.4) is 0 Å². The van der Waals surface area contributed by atoms with Gasteiger partial charge in [0.2, 0.25) is 0 Å². The van der Waals surface area contributed by atoms with E-state index in [4.69, 9.17) is 53.4 Å². The molecule has 10 nitrogen and oxygen atoms in total. The first-order valence-corrected chi connectivity index (χ1v) is 17.2. The van der Waals surface area contributed by atoms with Crippen molar-refractivity contribution >= 4 is 141 Å². The van der Waals surface area contributed by atoms with Crippen molar-refractivity contribution < 1.29 is 42.1 Å². The molecule has 0 heterocycles. The molecule has 0 aliphatic carbocycles. The Bertz CT molecular complexity index is 1290. The van der Waals surface area contributed by atoms with Crippen LogP contribution in [-0.4, -0.2) is 71.6 Å². The summed E-state index contributed by atoms with van der Waals surface area (Å²) >= 11 is 3.43. The topological polar surface area (TPSA) is 171 Å². The molecule has 158 valence electrons. The molecule has 0 saturated heterocycles. The van der Waals surface area contributed by atoms with E-state index >= 15 is 0 Å². The third-order valence-corrected chi connectivity index (χ3v) is 10.5. The monoisotopic (exact) mass is 624 g/mol. The second-order valence-corrected chi connectivity index (χ2v) is 17.1. The van der Waals surface area contributed by atoms with Crippen molar-refractivity contribution in [2.75, 3.05) is 0 Å². The summed E-state index contributed by atoms with van der Waals surface area (Å²) < 4.78 is 118. The van der Waals surface area contributed by atoms with Crippen LogP contribution in [0.15, 0.2) is 29.4 Å². The molecule has 0 aromatic heterocycles. The zero-order valence-electron chi connectivity index (χ0n) is 11.5. The van der Waals surface area contributed by atoms with Crippen molar-refractivity contribution in [3.05, 3.63) is 0 Å². The average Bonchev–Trinajstić information content (AvgIpc) is 2.29. The van der Waals surface area contributed by atoms with E-state index in [0.29, 0.717) is 0 Å². The van der Waals surface area contributed by atoms with Crippen LogP contribution >= 0.6 is 66.0 Å². The number of hydrogen-bond acceptors (Lipinski definition) is 11. The van der Waals surface area contributed by atoms with Crippen LogP contribution in [0.1, 0.15) is 0 Å². The molecule has 28 heavy (non-hydrogen) atoms. The maximum atomic E-state index is 11.9. The summed E-state index contributed by atoms with van der Waals surface area (Å²) in [6.07, 6.45) is 0. The van der Waals surface area contributed by atoms with Crippen molar-refractivity contribution in [2.24, 2.45) is 0 Å². The molecule has 0 unspecified atom stereocenters. The maximum absolute atomic E-state index is 11.9. The van der Waals surface area contributed by atoms with Crippen LogP contribution in [0.2, 0.25) is 0 Å². The van der Waals surface area contributed by atoms with Crippen LogP contribution < -0.4 is 0 Å². The van der Waals surface area contributed by atoms with Crippen LogP contribution in [0, 0.1) is 0 Å². The van der Waals surface area contributed by atoms with Gasteiger partial charge in [0.05, 0.1) is 0 Å². The molecule has 0 fully saturated rings. The molecular weight excluding hydrogens is 625 g/mol. The van der Waals surface area contributed by atoms with Gasteiger partial charge in [-0.1, -0.05) is 0 Å². The van der Waals surface area contributed by atoms with E-state index in [9.17, 15) is 42.1 Å². The first-order valence-electron chi connectivity index (χ1n) is 5.18. The molecule has 1 aromatic carbocycles. The molecule has 0 spiro atoms. The third-order valence-electron chi connectivity index (χ3n) is 2.47. The number of benzene rings is 1. The van der Waals surface area contributed by atoms with Gasteiger partial charge in [-0.3, -0.25) is 0 Å². The van der Waals surface area contributed by atoms with E-state index in [1.165, 1.54) is 0 Å². The van der Waals surface area contributed by atoms with E-state index in [0.717, 1.165) is 0 Å².